The van der Waals surface area contributed by atoms with Gasteiger partial charge in [-0.1, -0.05) is 6.07 Å². The van der Waals surface area contributed by atoms with Gasteiger partial charge < -0.3 is 10.4 Å². The Morgan fingerprint density at radius 3 is 2.91 bits per heavy atom. The van der Waals surface area contributed by atoms with Crippen LogP contribution in [0.25, 0.3) is 0 Å². The second-order valence-corrected chi connectivity index (χ2v) is 6.45. The fourth-order valence-electron chi connectivity index (χ4n) is 2.14. The first-order chi connectivity index (χ1) is 10.6. The number of nitrogens with zero attached hydrogens (tertiary/aromatic N) is 2. The highest BCUT2D eigenvalue weighted by Crippen LogP contribution is 2.15. The first kappa shape index (κ1) is 16.5. The Bertz CT molecular complexity index is 580. The second-order valence-electron chi connectivity index (χ2n) is 5.42. The third-order valence-corrected chi connectivity index (χ3v) is 4.18. The standard InChI is InChI=1S/C15H22N4O2S/c1-11(2)19-14(5-6-17-19)18-15(21)16-9-12(10-20)8-13-4-3-7-22-13/h3-7,11-12,20H,8-10H2,1-2H3,(H2,16,18,21)/t12-/m0/s1. The van der Waals surface area contributed by atoms with Crippen LogP contribution >= 0.6 is 11.3 Å². The zero-order chi connectivity index (χ0) is 15.9. The fourth-order valence-corrected chi connectivity index (χ4v) is 2.96. The van der Waals surface area contributed by atoms with E-state index >= 15 is 0 Å². The number of amides is 2. The van der Waals surface area contributed by atoms with Crippen LogP contribution in [0.15, 0.2) is 29.8 Å². The van der Waals surface area contributed by atoms with E-state index in [1.807, 2.05) is 31.4 Å². The van der Waals surface area contributed by atoms with Crippen LogP contribution in [-0.4, -0.2) is 34.1 Å². The lowest BCUT2D eigenvalue weighted by Gasteiger charge is -2.16. The molecule has 0 aliphatic heterocycles. The number of aliphatic hydroxyl groups is 1. The molecule has 1 atom stereocenters. The van der Waals surface area contributed by atoms with E-state index in [0.717, 1.165) is 6.42 Å². The molecule has 7 heteroatoms. The van der Waals surface area contributed by atoms with Crippen molar-refractivity contribution in [1.82, 2.24) is 15.1 Å². The molecule has 0 aliphatic carbocycles. The number of carbonyl (C=O) groups is 1. The maximum atomic E-state index is 12.0. The number of aliphatic hydroxyl groups excluding tert-OH is 1. The number of hydrogen-bond donors (Lipinski definition) is 3. The number of thiophene rings is 1. The largest absolute Gasteiger partial charge is 0.396 e. The lowest BCUT2D eigenvalue weighted by molar-refractivity contribution is 0.218. The van der Waals surface area contributed by atoms with Crippen LogP contribution in [0.2, 0.25) is 0 Å². The Balaban J connectivity index is 1.82. The third-order valence-electron chi connectivity index (χ3n) is 3.28. The molecule has 2 amide bonds. The molecule has 0 spiro atoms. The summed E-state index contributed by atoms with van der Waals surface area (Å²) in [7, 11) is 0. The van der Waals surface area contributed by atoms with Crippen molar-refractivity contribution in [3.05, 3.63) is 34.7 Å². The monoisotopic (exact) mass is 322 g/mol. The van der Waals surface area contributed by atoms with Crippen molar-refractivity contribution in [2.45, 2.75) is 26.3 Å². The number of anilines is 1. The number of aromatic nitrogens is 2. The minimum Gasteiger partial charge on any atom is -0.396 e. The molecule has 0 aliphatic rings. The predicted octanol–water partition coefficient (Wildman–Crippen LogP) is 2.50. The predicted molar refractivity (Wildman–Crippen MR) is 88.2 cm³/mol. The molecule has 2 rings (SSSR count). The van der Waals surface area contributed by atoms with Crippen LogP contribution in [-0.2, 0) is 6.42 Å². The van der Waals surface area contributed by atoms with Gasteiger partial charge in [0.25, 0.3) is 0 Å². The average Bonchev–Trinajstić information content (AvgIpc) is 3.14. The zero-order valence-corrected chi connectivity index (χ0v) is 13.6. The van der Waals surface area contributed by atoms with Crippen molar-refractivity contribution in [2.75, 3.05) is 18.5 Å². The number of hydrogen-bond acceptors (Lipinski definition) is 4. The van der Waals surface area contributed by atoms with E-state index in [1.54, 1.807) is 28.3 Å². The van der Waals surface area contributed by atoms with Crippen LogP contribution in [0.4, 0.5) is 10.6 Å². The summed E-state index contributed by atoms with van der Waals surface area (Å²) in [5.41, 5.74) is 0. The molecule has 22 heavy (non-hydrogen) atoms. The summed E-state index contributed by atoms with van der Waals surface area (Å²) in [6.07, 6.45) is 2.42. The number of urea groups is 1. The van der Waals surface area contributed by atoms with Gasteiger partial charge in [0.1, 0.15) is 5.82 Å². The maximum absolute atomic E-state index is 12.0. The Labute approximate surface area is 134 Å². The molecular weight excluding hydrogens is 300 g/mol. The van der Waals surface area contributed by atoms with Gasteiger partial charge in [0.15, 0.2) is 0 Å². The summed E-state index contributed by atoms with van der Waals surface area (Å²) in [4.78, 5) is 13.2. The lowest BCUT2D eigenvalue weighted by atomic mass is 10.1. The van der Waals surface area contributed by atoms with Crippen LogP contribution in [0.1, 0.15) is 24.8 Å². The van der Waals surface area contributed by atoms with Gasteiger partial charge in [-0.2, -0.15) is 5.10 Å². The molecule has 0 saturated carbocycles. The summed E-state index contributed by atoms with van der Waals surface area (Å²) in [5.74, 6) is 0.672. The molecule has 0 bridgehead atoms. The second kappa shape index (κ2) is 7.95. The van der Waals surface area contributed by atoms with Crippen molar-refractivity contribution in [3.8, 4) is 0 Å². The normalized spacial score (nSPS) is 12.4. The Morgan fingerprint density at radius 1 is 1.45 bits per heavy atom. The van der Waals surface area contributed by atoms with E-state index in [2.05, 4.69) is 15.7 Å². The Morgan fingerprint density at radius 2 is 2.27 bits per heavy atom. The zero-order valence-electron chi connectivity index (χ0n) is 12.8. The minimum atomic E-state index is -0.285. The quantitative estimate of drug-likeness (QED) is 0.733. The minimum absolute atomic E-state index is 0.0133. The fraction of sp³-hybridized carbons (Fsp3) is 0.467. The van der Waals surface area contributed by atoms with Crippen molar-refractivity contribution < 1.29 is 9.90 Å². The number of rotatable bonds is 7. The number of nitrogens with one attached hydrogen (secondary N) is 2. The first-order valence-corrected chi connectivity index (χ1v) is 8.19. The summed E-state index contributed by atoms with van der Waals surface area (Å²) in [5, 5.41) is 21.2. The number of carbonyl (C=O) groups excluding carboxylic acids is 1. The molecule has 6 nitrogen and oxygen atoms in total. The molecule has 2 heterocycles. The molecule has 0 fully saturated rings. The van der Waals surface area contributed by atoms with Crippen LogP contribution in [0, 0.1) is 5.92 Å². The van der Waals surface area contributed by atoms with E-state index in [-0.39, 0.29) is 24.6 Å². The van der Waals surface area contributed by atoms with Crippen molar-refractivity contribution in [3.63, 3.8) is 0 Å². The average molecular weight is 322 g/mol. The van der Waals surface area contributed by atoms with Crippen LogP contribution in [0.5, 0.6) is 0 Å². The summed E-state index contributed by atoms with van der Waals surface area (Å²) in [6, 6.07) is 5.67. The van der Waals surface area contributed by atoms with Crippen LogP contribution < -0.4 is 10.6 Å². The maximum Gasteiger partial charge on any atom is 0.320 e. The van der Waals surface area contributed by atoms with E-state index < -0.39 is 0 Å². The van der Waals surface area contributed by atoms with Gasteiger partial charge in [0.05, 0.1) is 6.20 Å². The topological polar surface area (TPSA) is 79.2 Å². The molecule has 3 N–H and O–H groups in total. The molecule has 2 aromatic heterocycles. The third kappa shape index (κ3) is 4.57. The Hall–Kier alpha value is -1.86. The molecule has 0 saturated heterocycles. The van der Waals surface area contributed by atoms with Crippen LogP contribution in [0.3, 0.4) is 0 Å². The molecule has 0 radical (unpaired) electrons. The highest BCUT2D eigenvalue weighted by Gasteiger charge is 2.13. The van der Waals surface area contributed by atoms with Gasteiger partial charge in [-0.15, -0.1) is 11.3 Å². The van der Waals surface area contributed by atoms with Gasteiger partial charge >= 0.3 is 6.03 Å². The van der Waals surface area contributed by atoms with E-state index in [1.165, 1.54) is 4.88 Å². The van der Waals surface area contributed by atoms with Gasteiger partial charge in [-0.3, -0.25) is 5.32 Å². The van der Waals surface area contributed by atoms with Gasteiger partial charge in [0.2, 0.25) is 0 Å². The van der Waals surface area contributed by atoms with Gasteiger partial charge in [0, 0.05) is 36.1 Å². The first-order valence-electron chi connectivity index (χ1n) is 7.31. The van der Waals surface area contributed by atoms with Gasteiger partial charge in [-0.05, 0) is 31.7 Å². The van der Waals surface area contributed by atoms with Gasteiger partial charge in [-0.25, -0.2) is 9.48 Å². The van der Waals surface area contributed by atoms with Crippen molar-refractivity contribution >= 4 is 23.2 Å². The smallest absolute Gasteiger partial charge is 0.320 e. The lowest BCUT2D eigenvalue weighted by Crippen LogP contribution is -2.35. The molecule has 0 aromatic carbocycles. The van der Waals surface area contributed by atoms with E-state index in [0.29, 0.717) is 12.4 Å². The van der Waals surface area contributed by atoms with E-state index in [9.17, 15) is 9.90 Å². The highest BCUT2D eigenvalue weighted by molar-refractivity contribution is 7.09. The van der Waals surface area contributed by atoms with Crippen molar-refractivity contribution in [1.29, 1.82) is 0 Å². The highest BCUT2D eigenvalue weighted by atomic mass is 32.1. The van der Waals surface area contributed by atoms with E-state index in [4.69, 9.17) is 0 Å². The van der Waals surface area contributed by atoms with Crippen molar-refractivity contribution in [2.24, 2.45) is 5.92 Å². The Kier molecular flexibility index (Phi) is 5.97. The summed E-state index contributed by atoms with van der Waals surface area (Å²) < 4.78 is 1.74. The molecule has 120 valence electrons. The SMILES string of the molecule is CC(C)n1nccc1NC(=O)NC[C@@H](CO)Cc1cccs1. The summed E-state index contributed by atoms with van der Waals surface area (Å²) >= 11 is 1.66. The molecule has 2 aromatic rings. The molecule has 0 unspecified atom stereocenters. The summed E-state index contributed by atoms with van der Waals surface area (Å²) in [6.45, 7) is 4.47. The molecular formula is C15H22N4O2S.